The average molecular weight is 378 g/mol. The van der Waals surface area contributed by atoms with Gasteiger partial charge in [0, 0.05) is 23.5 Å². The zero-order valence-electron chi connectivity index (χ0n) is 14.1. The van der Waals surface area contributed by atoms with Crippen molar-refractivity contribution >= 4 is 11.4 Å². The number of tetrazole rings is 1. The van der Waals surface area contributed by atoms with Crippen LogP contribution in [0.1, 0.15) is 11.6 Å². The molecule has 0 fully saturated rings. The van der Waals surface area contributed by atoms with Gasteiger partial charge in [0.15, 0.2) is 0 Å². The minimum absolute atomic E-state index is 0.151. The van der Waals surface area contributed by atoms with Gasteiger partial charge >= 0.3 is 6.18 Å². The highest BCUT2D eigenvalue weighted by molar-refractivity contribution is 5.77. The van der Waals surface area contributed by atoms with Gasteiger partial charge in [0.25, 0.3) is 0 Å². The maximum Gasteiger partial charge on any atom is 0.416 e. The zero-order valence-corrected chi connectivity index (χ0v) is 14.1. The van der Waals surface area contributed by atoms with E-state index in [1.54, 1.807) is 24.3 Å². The largest absolute Gasteiger partial charge is 0.416 e. The van der Waals surface area contributed by atoms with Gasteiger partial charge in [0.2, 0.25) is 5.82 Å². The number of anilines is 2. The van der Waals surface area contributed by atoms with Crippen molar-refractivity contribution in [3.8, 4) is 11.4 Å². The Labute approximate surface area is 152 Å². The highest BCUT2D eigenvalue weighted by atomic mass is 19.4. The van der Waals surface area contributed by atoms with Crippen molar-refractivity contribution in [2.45, 2.75) is 12.2 Å². The first-order chi connectivity index (χ1) is 12.9. The van der Waals surface area contributed by atoms with Crippen LogP contribution in [0, 0.1) is 0 Å². The van der Waals surface area contributed by atoms with Gasteiger partial charge in [-0.15, -0.1) is 10.2 Å². The van der Waals surface area contributed by atoms with Crippen molar-refractivity contribution in [2.75, 3.05) is 18.5 Å². The predicted molar refractivity (Wildman–Crippen MR) is 93.2 cm³/mol. The van der Waals surface area contributed by atoms with Crippen LogP contribution in [-0.2, 0) is 6.18 Å². The van der Waals surface area contributed by atoms with Gasteiger partial charge in [-0.3, -0.25) is 0 Å². The van der Waals surface area contributed by atoms with E-state index in [2.05, 4.69) is 20.7 Å². The van der Waals surface area contributed by atoms with Crippen LogP contribution in [-0.4, -0.2) is 38.5 Å². The lowest BCUT2D eigenvalue weighted by molar-refractivity contribution is -0.137. The third kappa shape index (κ3) is 4.23. The van der Waals surface area contributed by atoms with E-state index in [0.29, 0.717) is 22.8 Å². The number of hydrogen-bond donors (Lipinski definition) is 3. The molecule has 0 unspecified atom stereocenters. The fourth-order valence-electron chi connectivity index (χ4n) is 2.41. The molecule has 7 nitrogen and oxygen atoms in total. The lowest BCUT2D eigenvalue weighted by Crippen LogP contribution is -2.24. The van der Waals surface area contributed by atoms with Gasteiger partial charge in [-0.05, 0) is 41.6 Å². The van der Waals surface area contributed by atoms with E-state index in [9.17, 15) is 18.3 Å². The maximum atomic E-state index is 12.7. The molecule has 142 valence electrons. The number of aromatic nitrogens is 4. The fraction of sp³-hybridized carbons (Fsp3) is 0.235. The summed E-state index contributed by atoms with van der Waals surface area (Å²) in [7, 11) is 0. The van der Waals surface area contributed by atoms with Crippen molar-refractivity contribution in [1.82, 2.24) is 20.2 Å². The van der Waals surface area contributed by atoms with Crippen molar-refractivity contribution in [3.63, 3.8) is 0 Å². The van der Waals surface area contributed by atoms with Crippen LogP contribution in [0.15, 0.2) is 48.5 Å². The van der Waals surface area contributed by atoms with E-state index >= 15 is 0 Å². The molecule has 0 aliphatic carbocycles. The number of halogens is 3. The minimum Gasteiger partial charge on any atom is -0.394 e. The van der Waals surface area contributed by atoms with E-state index in [1.165, 1.54) is 16.9 Å². The monoisotopic (exact) mass is 378 g/mol. The molecule has 1 heterocycles. The van der Waals surface area contributed by atoms with Gasteiger partial charge in [-0.1, -0.05) is 12.1 Å². The Hall–Kier alpha value is -2.98. The van der Waals surface area contributed by atoms with E-state index in [-0.39, 0.29) is 13.2 Å². The Morgan fingerprint density at radius 3 is 2.44 bits per heavy atom. The standard InChI is InChI=1S/C17H17F3N6O/c18-17(19,20)11-5-7-12(8-6-11)22-15-4-2-1-3-14(15)16-23-25-26(24-16)13(9-21)10-27/h1-8,13,22,27H,9-10,21H2/t13-/m0/s1. The van der Waals surface area contributed by atoms with Crippen LogP contribution in [0.5, 0.6) is 0 Å². The smallest absolute Gasteiger partial charge is 0.394 e. The average Bonchev–Trinajstić information content (AvgIpc) is 3.13. The summed E-state index contributed by atoms with van der Waals surface area (Å²) in [5, 5.41) is 24.5. The Morgan fingerprint density at radius 1 is 1.11 bits per heavy atom. The Kier molecular flexibility index (Phi) is 5.38. The molecule has 10 heteroatoms. The minimum atomic E-state index is -4.38. The number of hydrogen-bond acceptors (Lipinski definition) is 6. The van der Waals surface area contributed by atoms with Gasteiger partial charge in [0.1, 0.15) is 6.04 Å². The van der Waals surface area contributed by atoms with Crippen LogP contribution in [0.4, 0.5) is 24.5 Å². The second-order valence-electron chi connectivity index (χ2n) is 5.75. The van der Waals surface area contributed by atoms with Gasteiger partial charge in [0.05, 0.1) is 12.2 Å². The quantitative estimate of drug-likeness (QED) is 0.609. The Balaban J connectivity index is 1.86. The van der Waals surface area contributed by atoms with Crippen LogP contribution in [0.2, 0.25) is 0 Å². The van der Waals surface area contributed by atoms with Crippen molar-refractivity contribution in [1.29, 1.82) is 0 Å². The summed E-state index contributed by atoms with van der Waals surface area (Å²) in [5.41, 5.74) is 6.53. The molecule has 0 spiro atoms. The van der Waals surface area contributed by atoms with E-state index in [4.69, 9.17) is 5.73 Å². The van der Waals surface area contributed by atoms with Gasteiger partial charge < -0.3 is 16.2 Å². The van der Waals surface area contributed by atoms with Crippen LogP contribution in [0.25, 0.3) is 11.4 Å². The van der Waals surface area contributed by atoms with Gasteiger partial charge in [-0.2, -0.15) is 18.0 Å². The summed E-state index contributed by atoms with van der Waals surface area (Å²) in [6.07, 6.45) is -4.38. The number of aliphatic hydroxyl groups excluding tert-OH is 1. The number of nitrogens with zero attached hydrogens (tertiary/aromatic N) is 4. The third-order valence-corrected chi connectivity index (χ3v) is 3.90. The molecule has 0 saturated carbocycles. The molecule has 0 aliphatic heterocycles. The molecule has 0 radical (unpaired) electrons. The molecule has 27 heavy (non-hydrogen) atoms. The summed E-state index contributed by atoms with van der Waals surface area (Å²) in [6.45, 7) is -0.0739. The topological polar surface area (TPSA) is 102 Å². The molecule has 4 N–H and O–H groups in total. The maximum absolute atomic E-state index is 12.7. The predicted octanol–water partition coefficient (Wildman–Crippen LogP) is 2.59. The van der Waals surface area contributed by atoms with Gasteiger partial charge in [-0.25, -0.2) is 0 Å². The molecule has 2 aromatic carbocycles. The number of alkyl halides is 3. The van der Waals surface area contributed by atoms with Crippen LogP contribution in [0.3, 0.4) is 0 Å². The van der Waals surface area contributed by atoms with Crippen molar-refractivity contribution in [3.05, 3.63) is 54.1 Å². The fourth-order valence-corrected chi connectivity index (χ4v) is 2.41. The van der Waals surface area contributed by atoms with Crippen molar-refractivity contribution in [2.24, 2.45) is 5.73 Å². The first-order valence-corrected chi connectivity index (χ1v) is 8.06. The normalized spacial score (nSPS) is 12.8. The van der Waals surface area contributed by atoms with E-state index in [0.717, 1.165) is 12.1 Å². The molecule has 0 amide bonds. The molecule has 3 aromatic rings. The molecule has 0 bridgehead atoms. The number of rotatable bonds is 6. The molecule has 1 aromatic heterocycles. The highest BCUT2D eigenvalue weighted by Crippen LogP contribution is 2.32. The lowest BCUT2D eigenvalue weighted by atomic mass is 10.1. The number of para-hydroxylation sites is 1. The second kappa shape index (κ2) is 7.72. The summed E-state index contributed by atoms with van der Waals surface area (Å²) < 4.78 is 38.1. The molecule has 0 saturated heterocycles. The lowest BCUT2D eigenvalue weighted by Gasteiger charge is -2.12. The molecule has 1 atom stereocenters. The van der Waals surface area contributed by atoms with Crippen LogP contribution >= 0.6 is 0 Å². The number of nitrogens with one attached hydrogen (secondary N) is 1. The van der Waals surface area contributed by atoms with Crippen molar-refractivity contribution < 1.29 is 18.3 Å². The Bertz CT molecular complexity index is 890. The number of aliphatic hydroxyl groups is 1. The van der Waals surface area contributed by atoms with E-state index < -0.39 is 17.8 Å². The second-order valence-corrected chi connectivity index (χ2v) is 5.75. The molecule has 3 rings (SSSR count). The zero-order chi connectivity index (χ0) is 19.4. The molecule has 0 aliphatic rings. The molecular formula is C17H17F3N6O. The first-order valence-electron chi connectivity index (χ1n) is 8.06. The Morgan fingerprint density at radius 2 is 1.81 bits per heavy atom. The third-order valence-electron chi connectivity index (χ3n) is 3.90. The molecular weight excluding hydrogens is 361 g/mol. The summed E-state index contributed by atoms with van der Waals surface area (Å²) in [4.78, 5) is 1.24. The summed E-state index contributed by atoms with van der Waals surface area (Å²) >= 11 is 0. The number of nitrogens with two attached hydrogens (primary N) is 1. The van der Waals surface area contributed by atoms with Crippen LogP contribution < -0.4 is 11.1 Å². The highest BCUT2D eigenvalue weighted by Gasteiger charge is 2.30. The summed E-state index contributed by atoms with van der Waals surface area (Å²) in [6, 6.07) is 11.3. The van der Waals surface area contributed by atoms with E-state index in [1.807, 2.05) is 0 Å². The number of benzene rings is 2. The first kappa shape index (κ1) is 18.8. The SMILES string of the molecule is NC[C@@H](CO)n1nnc(-c2ccccc2Nc2ccc(C(F)(F)F)cc2)n1. The summed E-state index contributed by atoms with van der Waals surface area (Å²) in [5.74, 6) is 0.303.